The molecule has 0 saturated heterocycles. The Kier molecular flexibility index (Phi) is 4.50. The smallest absolute Gasteiger partial charge is 0.231 e. The van der Waals surface area contributed by atoms with E-state index in [2.05, 4.69) is 66.8 Å². The van der Waals surface area contributed by atoms with Gasteiger partial charge in [-0.2, -0.15) is 0 Å². The summed E-state index contributed by atoms with van der Waals surface area (Å²) in [7, 11) is 0. The number of fused-ring (bicyclic) bond motifs is 1. The molecule has 0 aromatic heterocycles. The second-order valence-corrected chi connectivity index (χ2v) is 7.42. The van der Waals surface area contributed by atoms with Gasteiger partial charge in [-0.3, -0.25) is 4.79 Å². The number of nitrogens with one attached hydrogen (secondary N) is 1. The molecule has 1 N–H and O–H groups in total. The highest BCUT2D eigenvalue weighted by molar-refractivity contribution is 5.90. The zero-order chi connectivity index (χ0) is 18.0. The van der Waals surface area contributed by atoms with E-state index in [-0.39, 0.29) is 17.4 Å². The number of carbonyl (C=O) groups excluding carboxylic acids is 1. The Labute approximate surface area is 155 Å². The summed E-state index contributed by atoms with van der Waals surface area (Å²) >= 11 is 0. The second-order valence-electron chi connectivity index (χ2n) is 7.42. The third-order valence-corrected chi connectivity index (χ3v) is 5.86. The number of carbonyl (C=O) groups is 1. The highest BCUT2D eigenvalue weighted by atomic mass is 16.2. The van der Waals surface area contributed by atoms with Crippen LogP contribution in [0.2, 0.25) is 0 Å². The van der Waals surface area contributed by atoms with E-state index in [0.29, 0.717) is 0 Å². The number of amides is 1. The lowest BCUT2D eigenvalue weighted by Gasteiger charge is -2.30. The maximum absolute atomic E-state index is 13.4. The summed E-state index contributed by atoms with van der Waals surface area (Å²) < 4.78 is 0. The van der Waals surface area contributed by atoms with Crippen molar-refractivity contribution >= 4 is 16.7 Å². The van der Waals surface area contributed by atoms with Crippen molar-refractivity contribution in [2.24, 2.45) is 0 Å². The molecule has 0 radical (unpaired) electrons. The second kappa shape index (κ2) is 6.95. The van der Waals surface area contributed by atoms with Crippen LogP contribution in [-0.2, 0) is 10.2 Å². The first kappa shape index (κ1) is 16.8. The molecule has 4 rings (SSSR count). The quantitative estimate of drug-likeness (QED) is 0.663. The number of hydrogen-bond acceptors (Lipinski definition) is 1. The molecule has 1 amide bonds. The molecular weight excluding hydrogens is 318 g/mol. The number of rotatable bonds is 4. The fraction of sp³-hybridized carbons (Fsp3) is 0.292. The SMILES string of the molecule is CC(NC(=O)C1(c2ccccc2)CCCC1)c1cccc2ccccc12. The lowest BCUT2D eigenvalue weighted by atomic mass is 9.77. The summed E-state index contributed by atoms with van der Waals surface area (Å²) in [6.07, 6.45) is 4.10. The molecule has 1 unspecified atom stereocenters. The minimum Gasteiger partial charge on any atom is -0.349 e. The molecule has 26 heavy (non-hydrogen) atoms. The Bertz CT molecular complexity index is 904. The molecule has 1 saturated carbocycles. The predicted octanol–water partition coefficient (Wildman–Crippen LogP) is 5.53. The van der Waals surface area contributed by atoms with Crippen molar-refractivity contribution in [1.82, 2.24) is 5.32 Å². The third-order valence-electron chi connectivity index (χ3n) is 5.86. The molecule has 0 bridgehead atoms. The molecule has 2 nitrogen and oxygen atoms in total. The molecule has 3 aromatic rings. The molecule has 1 fully saturated rings. The van der Waals surface area contributed by atoms with Crippen molar-refractivity contribution in [1.29, 1.82) is 0 Å². The topological polar surface area (TPSA) is 29.1 Å². The summed E-state index contributed by atoms with van der Waals surface area (Å²) in [5, 5.41) is 5.75. The molecule has 132 valence electrons. The van der Waals surface area contributed by atoms with Gasteiger partial charge in [-0.25, -0.2) is 0 Å². The third kappa shape index (κ3) is 2.90. The highest BCUT2D eigenvalue weighted by Crippen LogP contribution is 2.41. The van der Waals surface area contributed by atoms with E-state index in [9.17, 15) is 4.79 Å². The molecule has 0 heterocycles. The van der Waals surface area contributed by atoms with Crippen molar-refractivity contribution in [3.8, 4) is 0 Å². The summed E-state index contributed by atoms with van der Waals surface area (Å²) in [6.45, 7) is 2.09. The van der Waals surface area contributed by atoms with Gasteiger partial charge in [0, 0.05) is 0 Å². The van der Waals surface area contributed by atoms with Crippen LogP contribution >= 0.6 is 0 Å². The van der Waals surface area contributed by atoms with Gasteiger partial charge in [-0.1, -0.05) is 85.6 Å². The van der Waals surface area contributed by atoms with Crippen molar-refractivity contribution < 1.29 is 4.79 Å². The van der Waals surface area contributed by atoms with Crippen LogP contribution in [0.25, 0.3) is 10.8 Å². The van der Waals surface area contributed by atoms with Crippen LogP contribution in [0.1, 0.15) is 49.8 Å². The Hall–Kier alpha value is -2.61. The van der Waals surface area contributed by atoms with Gasteiger partial charge in [-0.15, -0.1) is 0 Å². The van der Waals surface area contributed by atoms with Crippen LogP contribution in [-0.4, -0.2) is 5.91 Å². The van der Waals surface area contributed by atoms with Crippen LogP contribution in [0.15, 0.2) is 72.8 Å². The van der Waals surface area contributed by atoms with Gasteiger partial charge < -0.3 is 5.32 Å². The van der Waals surface area contributed by atoms with E-state index < -0.39 is 0 Å². The monoisotopic (exact) mass is 343 g/mol. The van der Waals surface area contributed by atoms with Gasteiger partial charge in [0.1, 0.15) is 0 Å². The van der Waals surface area contributed by atoms with Gasteiger partial charge >= 0.3 is 0 Å². The van der Waals surface area contributed by atoms with E-state index >= 15 is 0 Å². The fourth-order valence-corrected chi connectivity index (χ4v) is 4.42. The van der Waals surface area contributed by atoms with Gasteiger partial charge in [0.15, 0.2) is 0 Å². The highest BCUT2D eigenvalue weighted by Gasteiger charge is 2.42. The molecule has 3 aromatic carbocycles. The maximum Gasteiger partial charge on any atom is 0.231 e. The number of benzene rings is 3. The number of hydrogen-bond donors (Lipinski definition) is 1. The van der Waals surface area contributed by atoms with Crippen molar-refractivity contribution in [2.75, 3.05) is 0 Å². The van der Waals surface area contributed by atoms with Crippen LogP contribution in [0.5, 0.6) is 0 Å². The Morgan fingerprint density at radius 1 is 0.885 bits per heavy atom. The van der Waals surface area contributed by atoms with E-state index in [1.165, 1.54) is 16.3 Å². The van der Waals surface area contributed by atoms with E-state index in [0.717, 1.165) is 31.2 Å². The zero-order valence-corrected chi connectivity index (χ0v) is 15.2. The summed E-state index contributed by atoms with van der Waals surface area (Å²) in [6, 6.07) is 25.0. The summed E-state index contributed by atoms with van der Waals surface area (Å²) in [4.78, 5) is 13.4. The molecule has 1 atom stereocenters. The zero-order valence-electron chi connectivity index (χ0n) is 15.2. The Balaban J connectivity index is 1.64. The average molecular weight is 343 g/mol. The lowest BCUT2D eigenvalue weighted by Crippen LogP contribution is -2.43. The van der Waals surface area contributed by atoms with Crippen molar-refractivity contribution in [2.45, 2.75) is 44.1 Å². The molecular formula is C24H25NO. The van der Waals surface area contributed by atoms with Gasteiger partial charge in [-0.05, 0) is 41.7 Å². The summed E-state index contributed by atoms with van der Waals surface area (Å²) in [5.41, 5.74) is 1.96. The van der Waals surface area contributed by atoms with Crippen molar-refractivity contribution in [3.63, 3.8) is 0 Å². The van der Waals surface area contributed by atoms with Gasteiger partial charge in [0.25, 0.3) is 0 Å². The summed E-state index contributed by atoms with van der Waals surface area (Å²) in [5.74, 6) is 0.168. The van der Waals surface area contributed by atoms with E-state index in [1.807, 2.05) is 18.2 Å². The average Bonchev–Trinajstić information content (AvgIpc) is 3.19. The first-order chi connectivity index (χ1) is 12.7. The van der Waals surface area contributed by atoms with Gasteiger partial charge in [0.2, 0.25) is 5.91 Å². The van der Waals surface area contributed by atoms with Crippen LogP contribution in [0, 0.1) is 0 Å². The molecule has 0 aliphatic heterocycles. The largest absolute Gasteiger partial charge is 0.349 e. The lowest BCUT2D eigenvalue weighted by molar-refractivity contribution is -0.127. The minimum atomic E-state index is -0.375. The Morgan fingerprint density at radius 2 is 1.54 bits per heavy atom. The predicted molar refractivity (Wildman–Crippen MR) is 107 cm³/mol. The van der Waals surface area contributed by atoms with E-state index in [1.54, 1.807) is 0 Å². The minimum absolute atomic E-state index is 0.0187. The van der Waals surface area contributed by atoms with Crippen LogP contribution in [0.4, 0.5) is 0 Å². The van der Waals surface area contributed by atoms with E-state index in [4.69, 9.17) is 0 Å². The molecule has 2 heteroatoms. The first-order valence-electron chi connectivity index (χ1n) is 9.55. The van der Waals surface area contributed by atoms with Crippen LogP contribution in [0.3, 0.4) is 0 Å². The maximum atomic E-state index is 13.4. The van der Waals surface area contributed by atoms with Crippen LogP contribution < -0.4 is 5.32 Å². The molecule has 1 aliphatic rings. The van der Waals surface area contributed by atoms with Gasteiger partial charge in [0.05, 0.1) is 11.5 Å². The molecule has 0 spiro atoms. The Morgan fingerprint density at radius 3 is 2.31 bits per heavy atom. The standard InChI is InChI=1S/C24H25NO/c1-18(21-15-9-11-19-10-5-6-14-22(19)21)25-23(26)24(16-7-8-17-24)20-12-3-2-4-13-20/h2-6,9-15,18H,7-8,16-17H2,1H3,(H,25,26). The fourth-order valence-electron chi connectivity index (χ4n) is 4.42. The first-order valence-corrected chi connectivity index (χ1v) is 9.55. The molecule has 1 aliphatic carbocycles. The normalized spacial score (nSPS) is 17.1. The van der Waals surface area contributed by atoms with Crippen molar-refractivity contribution in [3.05, 3.63) is 83.9 Å².